The van der Waals surface area contributed by atoms with E-state index in [0.29, 0.717) is 11.4 Å². The molecule has 2 aromatic heterocycles. The summed E-state index contributed by atoms with van der Waals surface area (Å²) in [6.07, 6.45) is 5.27. The summed E-state index contributed by atoms with van der Waals surface area (Å²) in [5, 5.41) is 8.95. The second-order valence-corrected chi connectivity index (χ2v) is 4.03. The molecular formula is C14H14N2O2. The van der Waals surface area contributed by atoms with Crippen LogP contribution in [-0.2, 0) is 6.42 Å². The van der Waals surface area contributed by atoms with E-state index in [0.717, 1.165) is 12.8 Å². The van der Waals surface area contributed by atoms with Crippen LogP contribution in [0.1, 0.15) is 29.3 Å². The third-order valence-corrected chi connectivity index (χ3v) is 2.63. The van der Waals surface area contributed by atoms with Gasteiger partial charge in [0, 0.05) is 12.4 Å². The normalized spacial score (nSPS) is 10.3. The predicted octanol–water partition coefficient (Wildman–Crippen LogP) is 2.79. The molecule has 0 fully saturated rings. The molecular weight excluding hydrogens is 228 g/mol. The summed E-state index contributed by atoms with van der Waals surface area (Å²) in [6, 6.07) is 6.94. The lowest BCUT2D eigenvalue weighted by Crippen LogP contribution is -1.98. The Morgan fingerprint density at radius 2 is 1.83 bits per heavy atom. The molecule has 18 heavy (non-hydrogen) atoms. The van der Waals surface area contributed by atoms with E-state index >= 15 is 0 Å². The molecule has 0 aliphatic carbocycles. The second kappa shape index (κ2) is 5.40. The van der Waals surface area contributed by atoms with Crippen molar-refractivity contribution < 1.29 is 9.90 Å². The van der Waals surface area contributed by atoms with Crippen molar-refractivity contribution in [3.05, 3.63) is 47.8 Å². The van der Waals surface area contributed by atoms with Crippen molar-refractivity contribution in [2.24, 2.45) is 0 Å². The summed E-state index contributed by atoms with van der Waals surface area (Å²) in [7, 11) is 0. The molecule has 0 saturated heterocycles. The van der Waals surface area contributed by atoms with Crippen LogP contribution in [0.5, 0.6) is 0 Å². The third-order valence-electron chi connectivity index (χ3n) is 2.63. The Morgan fingerprint density at radius 3 is 2.50 bits per heavy atom. The standard InChI is InChI=1S/C14H14N2O2/c1-2-3-10-4-6-15-12(8-10)13-9-11(14(17)18)5-7-16-13/h4-9H,2-3H2,1H3,(H,17,18). The molecule has 0 unspecified atom stereocenters. The van der Waals surface area contributed by atoms with Crippen molar-refractivity contribution in [2.45, 2.75) is 19.8 Å². The van der Waals surface area contributed by atoms with Gasteiger partial charge in [-0.1, -0.05) is 13.3 Å². The molecule has 0 aromatic carbocycles. The molecule has 2 heterocycles. The van der Waals surface area contributed by atoms with Crippen LogP contribution in [0.2, 0.25) is 0 Å². The highest BCUT2D eigenvalue weighted by Gasteiger charge is 2.07. The van der Waals surface area contributed by atoms with Gasteiger partial charge in [-0.2, -0.15) is 0 Å². The number of nitrogens with zero attached hydrogens (tertiary/aromatic N) is 2. The summed E-state index contributed by atoms with van der Waals surface area (Å²) in [5.41, 5.74) is 2.71. The van der Waals surface area contributed by atoms with Crippen molar-refractivity contribution in [3.63, 3.8) is 0 Å². The predicted molar refractivity (Wildman–Crippen MR) is 68.4 cm³/mol. The quantitative estimate of drug-likeness (QED) is 0.895. The Hall–Kier alpha value is -2.23. The first-order valence-electron chi connectivity index (χ1n) is 5.85. The van der Waals surface area contributed by atoms with E-state index < -0.39 is 5.97 Å². The van der Waals surface area contributed by atoms with Gasteiger partial charge < -0.3 is 5.11 Å². The number of rotatable bonds is 4. The zero-order chi connectivity index (χ0) is 13.0. The van der Waals surface area contributed by atoms with Crippen LogP contribution >= 0.6 is 0 Å². The Balaban J connectivity index is 2.38. The summed E-state index contributed by atoms with van der Waals surface area (Å²) in [6.45, 7) is 2.11. The van der Waals surface area contributed by atoms with E-state index in [2.05, 4.69) is 16.9 Å². The van der Waals surface area contributed by atoms with Crippen LogP contribution in [0.15, 0.2) is 36.7 Å². The highest BCUT2D eigenvalue weighted by molar-refractivity contribution is 5.88. The maximum Gasteiger partial charge on any atom is 0.335 e. The van der Waals surface area contributed by atoms with Gasteiger partial charge in [0.25, 0.3) is 0 Å². The first kappa shape index (κ1) is 12.2. The van der Waals surface area contributed by atoms with Crippen molar-refractivity contribution in [2.75, 3.05) is 0 Å². The number of carboxylic acids is 1. The number of hydrogen-bond donors (Lipinski definition) is 1. The van der Waals surface area contributed by atoms with Crippen molar-refractivity contribution in [1.29, 1.82) is 0 Å². The van der Waals surface area contributed by atoms with E-state index in [1.807, 2.05) is 12.1 Å². The Bertz CT molecular complexity index is 567. The van der Waals surface area contributed by atoms with Crippen LogP contribution < -0.4 is 0 Å². The monoisotopic (exact) mass is 242 g/mol. The lowest BCUT2D eigenvalue weighted by atomic mass is 10.1. The van der Waals surface area contributed by atoms with Crippen molar-refractivity contribution in [1.82, 2.24) is 9.97 Å². The smallest absolute Gasteiger partial charge is 0.335 e. The van der Waals surface area contributed by atoms with Crippen LogP contribution in [0, 0.1) is 0 Å². The summed E-state index contributed by atoms with van der Waals surface area (Å²) in [4.78, 5) is 19.3. The van der Waals surface area contributed by atoms with E-state index in [1.54, 1.807) is 12.3 Å². The van der Waals surface area contributed by atoms with Gasteiger partial charge in [0.05, 0.1) is 17.0 Å². The average molecular weight is 242 g/mol. The van der Waals surface area contributed by atoms with Crippen molar-refractivity contribution in [3.8, 4) is 11.4 Å². The molecule has 2 aromatic rings. The SMILES string of the molecule is CCCc1ccnc(-c2cc(C(=O)O)ccn2)c1. The molecule has 0 amide bonds. The van der Waals surface area contributed by atoms with Gasteiger partial charge in [-0.3, -0.25) is 9.97 Å². The highest BCUT2D eigenvalue weighted by atomic mass is 16.4. The highest BCUT2D eigenvalue weighted by Crippen LogP contribution is 2.17. The van der Waals surface area contributed by atoms with E-state index in [9.17, 15) is 4.79 Å². The molecule has 4 heteroatoms. The molecule has 0 radical (unpaired) electrons. The Morgan fingerprint density at radius 1 is 1.17 bits per heavy atom. The fraction of sp³-hybridized carbons (Fsp3) is 0.214. The number of aromatic carboxylic acids is 1. The lowest BCUT2D eigenvalue weighted by molar-refractivity contribution is 0.0697. The minimum atomic E-state index is -0.955. The zero-order valence-corrected chi connectivity index (χ0v) is 10.1. The number of aromatic nitrogens is 2. The molecule has 0 bridgehead atoms. The molecule has 0 saturated carbocycles. The van der Waals surface area contributed by atoms with Gasteiger partial charge in [-0.25, -0.2) is 4.79 Å². The van der Waals surface area contributed by atoms with Crippen LogP contribution in [0.3, 0.4) is 0 Å². The van der Waals surface area contributed by atoms with Gasteiger partial charge >= 0.3 is 5.97 Å². The van der Waals surface area contributed by atoms with Crippen molar-refractivity contribution >= 4 is 5.97 Å². The van der Waals surface area contributed by atoms with Gasteiger partial charge in [0.1, 0.15) is 0 Å². The topological polar surface area (TPSA) is 63.1 Å². The Labute approximate surface area is 105 Å². The molecule has 0 aliphatic rings. The maximum absolute atomic E-state index is 10.9. The molecule has 0 spiro atoms. The molecule has 1 N–H and O–H groups in total. The fourth-order valence-electron chi connectivity index (χ4n) is 1.76. The first-order valence-corrected chi connectivity index (χ1v) is 5.85. The lowest BCUT2D eigenvalue weighted by Gasteiger charge is -2.04. The minimum absolute atomic E-state index is 0.225. The van der Waals surface area contributed by atoms with E-state index in [-0.39, 0.29) is 5.56 Å². The number of aryl methyl sites for hydroxylation is 1. The third kappa shape index (κ3) is 2.71. The second-order valence-electron chi connectivity index (χ2n) is 4.03. The Kier molecular flexibility index (Phi) is 3.67. The zero-order valence-electron chi connectivity index (χ0n) is 10.1. The van der Waals surface area contributed by atoms with Gasteiger partial charge in [0.15, 0.2) is 0 Å². The van der Waals surface area contributed by atoms with Gasteiger partial charge in [-0.15, -0.1) is 0 Å². The first-order chi connectivity index (χ1) is 8.70. The van der Waals surface area contributed by atoms with E-state index in [1.165, 1.54) is 17.8 Å². The molecule has 92 valence electrons. The van der Waals surface area contributed by atoms with Gasteiger partial charge in [-0.05, 0) is 36.2 Å². The minimum Gasteiger partial charge on any atom is -0.478 e. The van der Waals surface area contributed by atoms with Gasteiger partial charge in [0.2, 0.25) is 0 Å². The van der Waals surface area contributed by atoms with Crippen LogP contribution in [0.4, 0.5) is 0 Å². The fourth-order valence-corrected chi connectivity index (χ4v) is 1.76. The summed E-state index contributed by atoms with van der Waals surface area (Å²) >= 11 is 0. The molecule has 4 nitrogen and oxygen atoms in total. The average Bonchev–Trinajstić information content (AvgIpc) is 2.39. The van der Waals surface area contributed by atoms with E-state index in [4.69, 9.17) is 5.11 Å². The number of carbonyl (C=O) groups is 1. The van der Waals surface area contributed by atoms with Crippen LogP contribution in [0.25, 0.3) is 11.4 Å². The molecule has 0 atom stereocenters. The maximum atomic E-state index is 10.9. The number of carboxylic acid groups (broad SMARTS) is 1. The molecule has 2 rings (SSSR count). The van der Waals surface area contributed by atoms with Crippen LogP contribution in [-0.4, -0.2) is 21.0 Å². The number of hydrogen-bond acceptors (Lipinski definition) is 3. The number of pyridine rings is 2. The summed E-state index contributed by atoms with van der Waals surface area (Å²) in [5.74, 6) is -0.955. The largest absolute Gasteiger partial charge is 0.478 e. The molecule has 0 aliphatic heterocycles. The summed E-state index contributed by atoms with van der Waals surface area (Å²) < 4.78 is 0.